The van der Waals surface area contributed by atoms with Crippen molar-refractivity contribution in [2.24, 2.45) is 0 Å². The van der Waals surface area contributed by atoms with Gasteiger partial charge in [0, 0.05) is 0 Å². The molecule has 0 heterocycles. The van der Waals surface area contributed by atoms with Crippen LogP contribution in [0.4, 0.5) is 17.6 Å². The van der Waals surface area contributed by atoms with Crippen molar-refractivity contribution in [1.29, 1.82) is 0 Å². The third-order valence-electron chi connectivity index (χ3n) is 0.948. The molecule has 2 N–H and O–H groups in total. The van der Waals surface area contributed by atoms with Crippen LogP contribution in [0.15, 0.2) is 0 Å². The molecule has 74 valence electrons. The zero-order valence-corrected chi connectivity index (χ0v) is 6.15. The van der Waals surface area contributed by atoms with Gasteiger partial charge in [0.05, 0.1) is 0 Å². The van der Waals surface area contributed by atoms with Crippen LogP contribution >= 0.6 is 0 Å². The molecule has 0 aliphatic rings. The van der Waals surface area contributed by atoms with Crippen LogP contribution in [0.3, 0.4) is 0 Å². The summed E-state index contributed by atoms with van der Waals surface area (Å²) >= 11 is 0. The van der Waals surface area contributed by atoms with Crippen molar-refractivity contribution in [3.63, 3.8) is 0 Å². The van der Waals surface area contributed by atoms with E-state index in [4.69, 9.17) is 9.66 Å². The molecule has 0 saturated carbocycles. The van der Waals surface area contributed by atoms with Crippen molar-refractivity contribution in [1.82, 2.24) is 0 Å². The van der Waals surface area contributed by atoms with E-state index in [-0.39, 0.29) is 0 Å². The number of hydrogen-bond acceptors (Lipinski definition) is 3. The van der Waals surface area contributed by atoms with Gasteiger partial charge in [-0.05, 0) is 0 Å². The summed E-state index contributed by atoms with van der Waals surface area (Å²) in [5, 5.41) is 2.02. The van der Waals surface area contributed by atoms with Crippen molar-refractivity contribution in [2.45, 2.75) is 11.2 Å². The summed E-state index contributed by atoms with van der Waals surface area (Å²) in [6, 6.07) is 0. The summed E-state index contributed by atoms with van der Waals surface area (Å²) < 4.78 is 74.7. The Balaban J connectivity index is 5.13. The second-order valence-corrected chi connectivity index (χ2v) is 3.32. The van der Waals surface area contributed by atoms with E-state index in [9.17, 15) is 26.0 Å². The van der Waals surface area contributed by atoms with Gasteiger partial charge in [-0.1, -0.05) is 0 Å². The average molecular weight is 212 g/mol. The van der Waals surface area contributed by atoms with Gasteiger partial charge in [-0.3, -0.25) is 4.55 Å². The molecule has 0 rings (SSSR count). The molecule has 0 aliphatic carbocycles. The van der Waals surface area contributed by atoms with Gasteiger partial charge < -0.3 is 5.11 Å². The maximum atomic E-state index is 12.0. The highest BCUT2D eigenvalue weighted by Crippen LogP contribution is 2.37. The molecule has 0 aromatic rings. The van der Waals surface area contributed by atoms with E-state index < -0.39 is 27.9 Å². The minimum atomic E-state index is -6.22. The Morgan fingerprint density at radius 3 is 1.58 bits per heavy atom. The van der Waals surface area contributed by atoms with E-state index >= 15 is 0 Å². The molecule has 0 unspecified atom stereocenters. The Morgan fingerprint density at radius 2 is 1.50 bits per heavy atom. The van der Waals surface area contributed by atoms with Crippen LogP contribution in [0.1, 0.15) is 0 Å². The first-order valence-electron chi connectivity index (χ1n) is 2.40. The molecule has 0 saturated heterocycles. The molecule has 0 aromatic heterocycles. The highest BCUT2D eigenvalue weighted by atomic mass is 32.2. The lowest BCUT2D eigenvalue weighted by atomic mass is 10.4. The van der Waals surface area contributed by atoms with Crippen LogP contribution in [0, 0.1) is 0 Å². The van der Waals surface area contributed by atoms with Crippen LogP contribution < -0.4 is 0 Å². The quantitative estimate of drug-likeness (QED) is 0.513. The standard InChI is InChI=1S/C3H4F4O4S/c4-2(5,1-8)3(6,7)12(9,10)11/h8H,1H2,(H,9,10,11). The molecule has 0 aromatic carbocycles. The molecule has 12 heavy (non-hydrogen) atoms. The Morgan fingerprint density at radius 1 is 1.17 bits per heavy atom. The zero-order chi connectivity index (χ0) is 10.2. The third-order valence-corrected chi connectivity index (χ3v) is 1.89. The van der Waals surface area contributed by atoms with Crippen molar-refractivity contribution in [3.8, 4) is 0 Å². The van der Waals surface area contributed by atoms with Gasteiger partial charge in [0.1, 0.15) is 6.61 Å². The summed E-state index contributed by atoms with van der Waals surface area (Å²) in [4.78, 5) is 0. The fraction of sp³-hybridized carbons (Fsp3) is 1.00. The average Bonchev–Trinajstić information content (AvgIpc) is 1.85. The number of halogens is 4. The van der Waals surface area contributed by atoms with Crippen LogP contribution in [-0.2, 0) is 10.1 Å². The number of aliphatic hydroxyl groups is 1. The van der Waals surface area contributed by atoms with Crippen LogP contribution in [0.25, 0.3) is 0 Å². The Bertz CT molecular complexity index is 257. The Labute approximate surface area is 64.6 Å². The summed E-state index contributed by atoms with van der Waals surface area (Å²) in [6.07, 6.45) is 0. The highest BCUT2D eigenvalue weighted by Gasteiger charge is 2.65. The lowest BCUT2D eigenvalue weighted by Gasteiger charge is -2.21. The number of rotatable bonds is 3. The second-order valence-electron chi connectivity index (χ2n) is 1.85. The minimum absolute atomic E-state index is 2.38. The zero-order valence-electron chi connectivity index (χ0n) is 5.34. The molecular formula is C3H4F4O4S. The molecule has 0 bridgehead atoms. The highest BCUT2D eigenvalue weighted by molar-refractivity contribution is 7.87. The molecule has 9 heteroatoms. The summed E-state index contributed by atoms with van der Waals surface area (Å²) in [6.45, 7) is -2.38. The monoisotopic (exact) mass is 212 g/mol. The van der Waals surface area contributed by atoms with E-state index in [0.717, 1.165) is 0 Å². The maximum Gasteiger partial charge on any atom is 0.433 e. The van der Waals surface area contributed by atoms with E-state index in [1.165, 1.54) is 0 Å². The van der Waals surface area contributed by atoms with Crippen LogP contribution in [0.5, 0.6) is 0 Å². The summed E-state index contributed by atoms with van der Waals surface area (Å²) in [5.74, 6) is -5.19. The van der Waals surface area contributed by atoms with E-state index in [2.05, 4.69) is 0 Å². The number of aliphatic hydroxyl groups excluding tert-OH is 1. The van der Waals surface area contributed by atoms with Crippen molar-refractivity contribution in [2.75, 3.05) is 6.61 Å². The van der Waals surface area contributed by atoms with Gasteiger partial charge in [-0.25, -0.2) is 0 Å². The molecule has 0 amide bonds. The first-order valence-corrected chi connectivity index (χ1v) is 3.84. The Hall–Kier alpha value is -0.410. The largest absolute Gasteiger partial charge is 0.433 e. The number of hydrogen-bond donors (Lipinski definition) is 2. The fourth-order valence-electron chi connectivity index (χ4n) is 0.281. The first kappa shape index (κ1) is 11.6. The third kappa shape index (κ3) is 1.67. The number of alkyl halides is 4. The van der Waals surface area contributed by atoms with Gasteiger partial charge in [0.15, 0.2) is 0 Å². The molecule has 0 fully saturated rings. The summed E-state index contributed by atoms with van der Waals surface area (Å²) in [5.41, 5.74) is 0. The van der Waals surface area contributed by atoms with Gasteiger partial charge in [-0.15, -0.1) is 0 Å². The molecular weight excluding hydrogens is 208 g/mol. The smallest absolute Gasteiger partial charge is 0.390 e. The maximum absolute atomic E-state index is 12.0. The topological polar surface area (TPSA) is 74.6 Å². The fourth-order valence-corrected chi connectivity index (χ4v) is 0.723. The normalized spacial score (nSPS) is 14.8. The van der Waals surface area contributed by atoms with Gasteiger partial charge >= 0.3 is 21.3 Å². The minimum Gasteiger partial charge on any atom is -0.390 e. The van der Waals surface area contributed by atoms with Crippen LogP contribution in [0.2, 0.25) is 0 Å². The molecule has 0 spiro atoms. The lowest BCUT2D eigenvalue weighted by Crippen LogP contribution is -2.49. The SMILES string of the molecule is O=S(=O)(O)C(F)(F)C(F)(F)CO. The van der Waals surface area contributed by atoms with Crippen molar-refractivity contribution >= 4 is 10.1 Å². The van der Waals surface area contributed by atoms with Gasteiger partial charge in [-0.2, -0.15) is 26.0 Å². The second kappa shape index (κ2) is 2.82. The van der Waals surface area contributed by atoms with E-state index in [1.54, 1.807) is 0 Å². The van der Waals surface area contributed by atoms with Crippen molar-refractivity contribution < 1.29 is 35.6 Å². The van der Waals surface area contributed by atoms with Gasteiger partial charge in [0.25, 0.3) is 0 Å². The van der Waals surface area contributed by atoms with Crippen molar-refractivity contribution in [3.05, 3.63) is 0 Å². The molecule has 0 atom stereocenters. The molecule has 0 aliphatic heterocycles. The van der Waals surface area contributed by atoms with Crippen LogP contribution in [-0.4, -0.2) is 35.9 Å². The molecule has 4 nitrogen and oxygen atoms in total. The molecule has 0 radical (unpaired) electrons. The Kier molecular flexibility index (Phi) is 2.72. The first-order chi connectivity index (χ1) is 5.06. The predicted octanol–water partition coefficient (Wildman–Crippen LogP) is 0.0946. The summed E-state index contributed by atoms with van der Waals surface area (Å²) in [7, 11) is -6.22. The van der Waals surface area contributed by atoms with Gasteiger partial charge in [0.2, 0.25) is 0 Å². The lowest BCUT2D eigenvalue weighted by molar-refractivity contribution is -0.181. The van der Waals surface area contributed by atoms with E-state index in [1.807, 2.05) is 0 Å². The van der Waals surface area contributed by atoms with E-state index in [0.29, 0.717) is 0 Å². The predicted molar refractivity (Wildman–Crippen MR) is 28.5 cm³/mol.